The van der Waals surface area contributed by atoms with Crippen molar-refractivity contribution in [2.24, 2.45) is 11.8 Å². The summed E-state index contributed by atoms with van der Waals surface area (Å²) in [6.45, 7) is 4.40. The van der Waals surface area contributed by atoms with Crippen molar-refractivity contribution >= 4 is 17.7 Å². The molecule has 0 bridgehead atoms. The monoisotopic (exact) mass is 245 g/mol. The summed E-state index contributed by atoms with van der Waals surface area (Å²) in [5, 5.41) is 12.4. The quantitative estimate of drug-likeness (QED) is 0.644. The van der Waals surface area contributed by atoms with Crippen LogP contribution in [0, 0.1) is 11.8 Å². The summed E-state index contributed by atoms with van der Waals surface area (Å²) in [6.07, 6.45) is 3.27. The topological polar surface area (TPSA) is 49.3 Å². The molecule has 1 aliphatic carbocycles. The van der Waals surface area contributed by atoms with Gasteiger partial charge in [0.25, 0.3) is 0 Å². The van der Waals surface area contributed by atoms with Crippen LogP contribution in [0.1, 0.15) is 33.1 Å². The van der Waals surface area contributed by atoms with Crippen LogP contribution in [0.3, 0.4) is 0 Å². The van der Waals surface area contributed by atoms with E-state index in [2.05, 4.69) is 19.2 Å². The predicted molar refractivity (Wildman–Crippen MR) is 68.9 cm³/mol. The molecule has 3 nitrogen and oxygen atoms in total. The minimum atomic E-state index is -0.686. The van der Waals surface area contributed by atoms with Gasteiger partial charge < -0.3 is 10.4 Å². The highest BCUT2D eigenvalue weighted by molar-refractivity contribution is 7.99. The van der Waals surface area contributed by atoms with Gasteiger partial charge in [-0.05, 0) is 43.9 Å². The minimum Gasteiger partial charge on any atom is -0.480 e. The summed E-state index contributed by atoms with van der Waals surface area (Å²) in [4.78, 5) is 11.4. The van der Waals surface area contributed by atoms with E-state index in [1.54, 1.807) is 18.8 Å². The Kier molecular flexibility index (Phi) is 5.12. The highest BCUT2D eigenvalue weighted by Crippen LogP contribution is 2.41. The van der Waals surface area contributed by atoms with Crippen LogP contribution in [0.2, 0.25) is 0 Å². The zero-order chi connectivity index (χ0) is 12.2. The first-order chi connectivity index (χ1) is 7.53. The van der Waals surface area contributed by atoms with E-state index in [-0.39, 0.29) is 0 Å². The molecule has 0 aromatic carbocycles. The molecule has 16 heavy (non-hydrogen) atoms. The number of likely N-dealkylation sites (N-methyl/N-ethyl adjacent to an activating group) is 1. The maximum absolute atomic E-state index is 11.4. The Morgan fingerprint density at radius 3 is 2.56 bits per heavy atom. The summed E-state index contributed by atoms with van der Waals surface area (Å²) in [5.41, 5.74) is -0.679. The molecule has 0 aromatic heterocycles. The van der Waals surface area contributed by atoms with Gasteiger partial charge in [-0.3, -0.25) is 4.79 Å². The first-order valence-electron chi connectivity index (χ1n) is 6.03. The van der Waals surface area contributed by atoms with Crippen molar-refractivity contribution in [2.75, 3.05) is 18.6 Å². The summed E-state index contributed by atoms with van der Waals surface area (Å²) < 4.78 is 0. The van der Waals surface area contributed by atoms with Gasteiger partial charge in [-0.25, -0.2) is 0 Å². The molecule has 1 aliphatic rings. The van der Waals surface area contributed by atoms with Crippen molar-refractivity contribution in [1.29, 1.82) is 0 Å². The fourth-order valence-corrected chi connectivity index (χ4v) is 3.47. The SMILES string of the molecule is CNC(CSCCC(C)C)(C(=O)O)C1CC1. The smallest absolute Gasteiger partial charge is 0.325 e. The van der Waals surface area contributed by atoms with Gasteiger partial charge in [0.05, 0.1) is 0 Å². The lowest BCUT2D eigenvalue weighted by atomic mass is 9.96. The van der Waals surface area contributed by atoms with Crippen molar-refractivity contribution in [3.8, 4) is 0 Å². The first-order valence-corrected chi connectivity index (χ1v) is 7.18. The van der Waals surface area contributed by atoms with Crippen LogP contribution in [0.5, 0.6) is 0 Å². The Morgan fingerprint density at radius 2 is 2.19 bits per heavy atom. The maximum Gasteiger partial charge on any atom is 0.325 e. The number of carbonyl (C=O) groups is 1. The number of hydrogen-bond donors (Lipinski definition) is 2. The predicted octanol–water partition coefficient (Wildman–Crippen LogP) is 2.22. The maximum atomic E-state index is 11.4. The molecule has 0 spiro atoms. The van der Waals surface area contributed by atoms with E-state index in [0.717, 1.165) is 25.0 Å². The summed E-state index contributed by atoms with van der Waals surface area (Å²) in [5.74, 6) is 2.09. The molecule has 94 valence electrons. The molecule has 4 heteroatoms. The molecule has 0 radical (unpaired) electrons. The van der Waals surface area contributed by atoms with Gasteiger partial charge in [-0.1, -0.05) is 13.8 Å². The van der Waals surface area contributed by atoms with E-state index in [1.807, 2.05) is 0 Å². The third kappa shape index (κ3) is 3.39. The van der Waals surface area contributed by atoms with E-state index in [1.165, 1.54) is 0 Å². The molecule has 1 rings (SSSR count). The highest BCUT2D eigenvalue weighted by atomic mass is 32.2. The number of carboxylic acid groups (broad SMARTS) is 1. The molecule has 2 N–H and O–H groups in total. The van der Waals surface area contributed by atoms with Gasteiger partial charge in [-0.2, -0.15) is 11.8 Å². The molecule has 1 saturated carbocycles. The van der Waals surface area contributed by atoms with Gasteiger partial charge >= 0.3 is 5.97 Å². The normalized spacial score (nSPS) is 19.8. The van der Waals surface area contributed by atoms with Crippen LogP contribution >= 0.6 is 11.8 Å². The lowest BCUT2D eigenvalue weighted by Gasteiger charge is -2.28. The van der Waals surface area contributed by atoms with Crippen LogP contribution in [0.25, 0.3) is 0 Å². The number of carboxylic acids is 1. The van der Waals surface area contributed by atoms with E-state index in [4.69, 9.17) is 0 Å². The standard InChI is InChI=1S/C12H23NO2S/c1-9(2)6-7-16-8-12(13-3,11(14)15)10-4-5-10/h9-10,13H,4-8H2,1-3H3,(H,14,15). The second-order valence-corrected chi connectivity index (χ2v) is 6.14. The first kappa shape index (κ1) is 13.8. The molecular formula is C12H23NO2S. The molecule has 1 fully saturated rings. The Hall–Kier alpha value is -0.220. The lowest BCUT2D eigenvalue weighted by molar-refractivity contribution is -0.144. The average Bonchev–Trinajstić information content (AvgIpc) is 3.01. The fourth-order valence-electron chi connectivity index (χ4n) is 1.87. The second-order valence-electron chi connectivity index (χ2n) is 5.04. The van der Waals surface area contributed by atoms with Crippen LogP contribution in [0.15, 0.2) is 0 Å². The largest absolute Gasteiger partial charge is 0.480 e. The average molecular weight is 245 g/mol. The van der Waals surface area contributed by atoms with Crippen molar-refractivity contribution in [3.05, 3.63) is 0 Å². The number of nitrogens with one attached hydrogen (secondary N) is 1. The number of hydrogen-bond acceptors (Lipinski definition) is 3. The van der Waals surface area contributed by atoms with Crippen molar-refractivity contribution in [3.63, 3.8) is 0 Å². The Bertz CT molecular complexity index is 241. The van der Waals surface area contributed by atoms with Gasteiger partial charge in [0, 0.05) is 5.75 Å². The molecular weight excluding hydrogens is 222 g/mol. The third-order valence-electron chi connectivity index (χ3n) is 3.27. The molecule has 1 unspecified atom stereocenters. The van der Waals surface area contributed by atoms with Crippen LogP contribution in [0.4, 0.5) is 0 Å². The number of rotatable bonds is 8. The molecule has 0 heterocycles. The summed E-state index contributed by atoms with van der Waals surface area (Å²) in [7, 11) is 1.77. The van der Waals surface area contributed by atoms with E-state index in [0.29, 0.717) is 17.6 Å². The van der Waals surface area contributed by atoms with Crippen molar-refractivity contribution in [1.82, 2.24) is 5.32 Å². The number of thioether (sulfide) groups is 1. The van der Waals surface area contributed by atoms with E-state index < -0.39 is 11.5 Å². The zero-order valence-electron chi connectivity index (χ0n) is 10.5. The van der Waals surface area contributed by atoms with Gasteiger partial charge in [0.15, 0.2) is 0 Å². The molecule has 1 atom stereocenters. The Labute approximate surface area is 102 Å². The zero-order valence-corrected chi connectivity index (χ0v) is 11.3. The van der Waals surface area contributed by atoms with Crippen LogP contribution in [-0.4, -0.2) is 35.2 Å². The Morgan fingerprint density at radius 1 is 1.56 bits per heavy atom. The van der Waals surface area contributed by atoms with Gasteiger partial charge in [0.1, 0.15) is 5.54 Å². The second kappa shape index (κ2) is 5.92. The van der Waals surface area contributed by atoms with E-state index in [9.17, 15) is 9.90 Å². The summed E-state index contributed by atoms with van der Waals surface area (Å²) >= 11 is 1.77. The van der Waals surface area contributed by atoms with Crippen molar-refractivity contribution < 1.29 is 9.90 Å². The van der Waals surface area contributed by atoms with Gasteiger partial charge in [0.2, 0.25) is 0 Å². The van der Waals surface area contributed by atoms with Crippen LogP contribution in [-0.2, 0) is 4.79 Å². The molecule has 0 aliphatic heterocycles. The fraction of sp³-hybridized carbons (Fsp3) is 0.917. The number of aliphatic carboxylic acids is 1. The lowest BCUT2D eigenvalue weighted by Crippen LogP contribution is -2.54. The molecule has 0 saturated heterocycles. The van der Waals surface area contributed by atoms with Crippen molar-refractivity contribution in [2.45, 2.75) is 38.6 Å². The van der Waals surface area contributed by atoms with Gasteiger partial charge in [-0.15, -0.1) is 0 Å². The Balaban J connectivity index is 2.41. The molecule has 0 amide bonds. The van der Waals surface area contributed by atoms with Crippen LogP contribution < -0.4 is 5.32 Å². The molecule has 0 aromatic rings. The highest BCUT2D eigenvalue weighted by Gasteiger charge is 2.49. The summed E-state index contributed by atoms with van der Waals surface area (Å²) in [6, 6.07) is 0. The third-order valence-corrected chi connectivity index (χ3v) is 4.46. The minimum absolute atomic E-state index is 0.335. The van der Waals surface area contributed by atoms with E-state index >= 15 is 0 Å².